The van der Waals surface area contributed by atoms with Gasteiger partial charge >= 0.3 is 0 Å². The highest BCUT2D eigenvalue weighted by Gasteiger charge is 2.32. The maximum absolute atomic E-state index is 12.4. The lowest BCUT2D eigenvalue weighted by Crippen LogP contribution is -2.28. The van der Waals surface area contributed by atoms with Crippen LogP contribution in [-0.4, -0.2) is 27.9 Å². The van der Waals surface area contributed by atoms with Crippen LogP contribution in [0.1, 0.15) is 27.2 Å². The Bertz CT molecular complexity index is 931. The number of carbonyl (C=O) groups excluding carboxylic acids is 2. The number of benzene rings is 2. The van der Waals surface area contributed by atoms with Crippen molar-refractivity contribution in [1.29, 1.82) is 0 Å². The minimum Gasteiger partial charge on any atom is -0.325 e. The van der Waals surface area contributed by atoms with Gasteiger partial charge in [-0.05, 0) is 24.3 Å². The van der Waals surface area contributed by atoms with E-state index in [1.807, 2.05) is 63.2 Å². The van der Waals surface area contributed by atoms with Crippen LogP contribution >= 0.6 is 11.8 Å². The second-order valence-electron chi connectivity index (χ2n) is 6.68. The number of hydrogen-bond acceptors (Lipinski definition) is 5. The number of amides is 2. The van der Waals surface area contributed by atoms with Crippen LogP contribution in [0, 0.1) is 5.92 Å². The molecule has 0 saturated carbocycles. The van der Waals surface area contributed by atoms with Gasteiger partial charge in [0.2, 0.25) is 11.8 Å². The van der Waals surface area contributed by atoms with Gasteiger partial charge in [-0.2, -0.15) is 5.10 Å². The summed E-state index contributed by atoms with van der Waals surface area (Å²) >= 11 is 1.24. The third-order valence-corrected chi connectivity index (χ3v) is 5.42. The fraction of sp³-hybridized carbons (Fsp3) is 0.300. The summed E-state index contributed by atoms with van der Waals surface area (Å²) in [6.45, 7) is 5.95. The van der Waals surface area contributed by atoms with Gasteiger partial charge in [0.05, 0.1) is 0 Å². The minimum atomic E-state index is -0.506. The third kappa shape index (κ3) is 4.74. The third-order valence-electron chi connectivity index (χ3n) is 4.35. The van der Waals surface area contributed by atoms with Crippen LogP contribution in [0.15, 0.2) is 52.7 Å². The average molecular weight is 382 g/mol. The van der Waals surface area contributed by atoms with Gasteiger partial charge in [0.25, 0.3) is 0 Å². The van der Waals surface area contributed by atoms with E-state index in [0.29, 0.717) is 11.1 Å². The number of amidine groups is 1. The molecule has 1 aliphatic rings. The molecule has 0 spiro atoms. The van der Waals surface area contributed by atoms with E-state index in [9.17, 15) is 9.59 Å². The van der Waals surface area contributed by atoms with Crippen LogP contribution < -0.4 is 10.6 Å². The molecule has 1 heterocycles. The second-order valence-corrected chi connectivity index (χ2v) is 7.87. The molecular weight excluding hydrogens is 360 g/mol. The van der Waals surface area contributed by atoms with Crippen molar-refractivity contribution < 1.29 is 9.59 Å². The van der Waals surface area contributed by atoms with Crippen LogP contribution in [-0.2, 0) is 9.59 Å². The summed E-state index contributed by atoms with van der Waals surface area (Å²) in [7, 11) is 0. The smallest absolute Gasteiger partial charge is 0.240 e. The van der Waals surface area contributed by atoms with E-state index in [0.717, 1.165) is 22.2 Å². The zero-order valence-electron chi connectivity index (χ0n) is 15.5. The van der Waals surface area contributed by atoms with Crippen molar-refractivity contribution in [3.05, 3.63) is 42.5 Å². The van der Waals surface area contributed by atoms with Crippen LogP contribution in [0.5, 0.6) is 0 Å². The molecule has 1 unspecified atom stereocenters. The predicted molar refractivity (Wildman–Crippen MR) is 112 cm³/mol. The fourth-order valence-corrected chi connectivity index (χ4v) is 3.45. The van der Waals surface area contributed by atoms with Gasteiger partial charge in [-0.1, -0.05) is 62.0 Å². The Balaban J connectivity index is 1.65. The minimum absolute atomic E-state index is 0.0750. The number of thioether (sulfide) groups is 1. The number of carbonyl (C=O) groups is 2. The molecule has 6 nitrogen and oxygen atoms in total. The molecule has 2 aromatic rings. The molecule has 1 aliphatic heterocycles. The van der Waals surface area contributed by atoms with E-state index in [2.05, 4.69) is 20.8 Å². The molecule has 2 aromatic carbocycles. The van der Waals surface area contributed by atoms with Gasteiger partial charge in [-0.25, -0.2) is 0 Å². The number of nitrogens with one attached hydrogen (secondary N) is 2. The van der Waals surface area contributed by atoms with E-state index in [4.69, 9.17) is 0 Å². The second kappa shape index (κ2) is 8.35. The summed E-state index contributed by atoms with van der Waals surface area (Å²) in [6.07, 6.45) is 0.0750. The summed E-state index contributed by atoms with van der Waals surface area (Å²) in [6, 6.07) is 13.6. The van der Waals surface area contributed by atoms with E-state index in [-0.39, 0.29) is 18.2 Å². The number of fused-ring (bicyclic) bond motifs is 1. The fourth-order valence-electron chi connectivity index (χ4n) is 2.53. The van der Waals surface area contributed by atoms with Gasteiger partial charge in [0.1, 0.15) is 5.25 Å². The molecule has 2 amide bonds. The number of nitrogens with zero attached hydrogens (tertiary/aromatic N) is 2. The van der Waals surface area contributed by atoms with Crippen molar-refractivity contribution in [2.45, 2.75) is 32.4 Å². The monoisotopic (exact) mass is 382 g/mol. The van der Waals surface area contributed by atoms with E-state index >= 15 is 0 Å². The number of hydrogen-bond donors (Lipinski definition) is 2. The lowest BCUT2D eigenvalue weighted by Gasteiger charge is -2.10. The van der Waals surface area contributed by atoms with Crippen molar-refractivity contribution in [3.8, 4) is 0 Å². The van der Waals surface area contributed by atoms with Crippen molar-refractivity contribution in [2.24, 2.45) is 16.1 Å². The average Bonchev–Trinajstić information content (AvgIpc) is 2.99. The zero-order valence-corrected chi connectivity index (χ0v) is 16.3. The normalized spacial score (nSPS) is 19.0. The summed E-state index contributed by atoms with van der Waals surface area (Å²) in [4.78, 5) is 24.6. The van der Waals surface area contributed by atoms with Crippen molar-refractivity contribution in [3.63, 3.8) is 0 Å². The molecule has 0 aromatic heterocycles. The van der Waals surface area contributed by atoms with E-state index in [1.165, 1.54) is 11.8 Å². The summed E-state index contributed by atoms with van der Waals surface area (Å²) in [5.41, 5.74) is 1.63. The Morgan fingerprint density at radius 2 is 1.96 bits per heavy atom. The first-order chi connectivity index (χ1) is 12.9. The maximum atomic E-state index is 12.4. The highest BCUT2D eigenvalue weighted by Crippen LogP contribution is 2.26. The summed E-state index contributed by atoms with van der Waals surface area (Å²) in [5, 5.41) is 15.8. The van der Waals surface area contributed by atoms with Crippen LogP contribution in [0.3, 0.4) is 0 Å². The molecule has 7 heteroatoms. The van der Waals surface area contributed by atoms with Gasteiger partial charge in [-0.15, -0.1) is 5.10 Å². The largest absolute Gasteiger partial charge is 0.325 e. The van der Waals surface area contributed by atoms with E-state index < -0.39 is 5.25 Å². The number of rotatable bonds is 5. The highest BCUT2D eigenvalue weighted by atomic mass is 32.2. The molecular formula is C20H22N4O2S. The molecule has 0 radical (unpaired) electrons. The molecule has 140 valence electrons. The molecule has 0 aliphatic carbocycles. The first-order valence-electron chi connectivity index (χ1n) is 8.81. The standard InChI is InChI=1S/C20H22N4O2S/c1-12(2)13(3)23-24-20-22-19(26)17(27-20)11-18(25)21-16-10-6-8-14-7-4-5-9-15(14)16/h4-10,12,17H,11H2,1-3H3,(H,21,25)(H,22,24,26)/b23-13+. The van der Waals surface area contributed by atoms with Gasteiger partial charge in [-0.3, -0.25) is 9.59 Å². The van der Waals surface area contributed by atoms with Crippen LogP contribution in [0.4, 0.5) is 5.69 Å². The number of anilines is 1. The predicted octanol–water partition coefficient (Wildman–Crippen LogP) is 3.79. The van der Waals surface area contributed by atoms with Gasteiger partial charge in [0, 0.05) is 23.2 Å². The van der Waals surface area contributed by atoms with Gasteiger partial charge < -0.3 is 10.6 Å². The molecule has 1 fully saturated rings. The Morgan fingerprint density at radius 1 is 1.22 bits per heavy atom. The molecule has 3 rings (SSSR count). The SMILES string of the molecule is C/C(=N\N=C1/NC(=O)C(CC(=O)Nc2cccc3ccccc23)S1)C(C)C. The Morgan fingerprint density at radius 3 is 2.74 bits per heavy atom. The van der Waals surface area contributed by atoms with Crippen LogP contribution in [0.2, 0.25) is 0 Å². The maximum Gasteiger partial charge on any atom is 0.240 e. The summed E-state index contributed by atoms with van der Waals surface area (Å²) in [5.74, 6) is -0.134. The van der Waals surface area contributed by atoms with Crippen LogP contribution in [0.25, 0.3) is 10.8 Å². The molecule has 0 bridgehead atoms. The first kappa shape index (κ1) is 19.1. The lowest BCUT2D eigenvalue weighted by molar-refractivity contribution is -0.122. The van der Waals surface area contributed by atoms with Crippen molar-refractivity contribution >= 4 is 50.9 Å². The zero-order chi connectivity index (χ0) is 19.4. The van der Waals surface area contributed by atoms with E-state index in [1.54, 1.807) is 0 Å². The van der Waals surface area contributed by atoms with Gasteiger partial charge in [0.15, 0.2) is 5.17 Å². The summed E-state index contributed by atoms with van der Waals surface area (Å²) < 4.78 is 0. The molecule has 1 atom stereocenters. The highest BCUT2D eigenvalue weighted by molar-refractivity contribution is 8.15. The van der Waals surface area contributed by atoms with Crippen molar-refractivity contribution in [1.82, 2.24) is 5.32 Å². The molecule has 1 saturated heterocycles. The Labute approximate surface area is 162 Å². The molecule has 27 heavy (non-hydrogen) atoms. The quantitative estimate of drug-likeness (QED) is 0.610. The Hall–Kier alpha value is -2.67. The Kier molecular flexibility index (Phi) is 5.91. The first-order valence-corrected chi connectivity index (χ1v) is 9.69. The van der Waals surface area contributed by atoms with Crippen molar-refractivity contribution in [2.75, 3.05) is 5.32 Å². The lowest BCUT2D eigenvalue weighted by atomic mass is 10.1. The topological polar surface area (TPSA) is 82.9 Å². The molecule has 2 N–H and O–H groups in total.